The van der Waals surface area contributed by atoms with Crippen molar-refractivity contribution in [2.45, 2.75) is 26.2 Å². The largest absolute Gasteiger partial charge is 0.384 e. The van der Waals surface area contributed by atoms with Crippen LogP contribution in [-0.2, 0) is 0 Å². The Morgan fingerprint density at radius 2 is 1.67 bits per heavy atom. The molecule has 1 nitrogen and oxygen atoms in total. The van der Waals surface area contributed by atoms with Crippen molar-refractivity contribution < 1.29 is 0 Å². The average Bonchev–Trinajstić information content (AvgIpc) is 2.20. The van der Waals surface area contributed by atoms with Crippen molar-refractivity contribution >= 4 is 40.5 Å². The van der Waals surface area contributed by atoms with Crippen LogP contribution in [0.3, 0.4) is 0 Å². The van der Waals surface area contributed by atoms with Gasteiger partial charge in [0.05, 0.1) is 20.8 Å². The molecule has 1 aromatic carbocycles. The molecule has 0 fully saturated rings. The highest BCUT2D eigenvalue weighted by Crippen LogP contribution is 2.32. The number of unbranched alkanes of at least 4 members (excludes halogenated alkanes) is 2. The molecule has 0 amide bonds. The number of benzene rings is 1. The summed E-state index contributed by atoms with van der Waals surface area (Å²) in [6.07, 6.45) is 3.55. The first-order valence-electron chi connectivity index (χ1n) is 5.03. The van der Waals surface area contributed by atoms with Crippen molar-refractivity contribution in [1.29, 1.82) is 0 Å². The van der Waals surface area contributed by atoms with Crippen LogP contribution in [0.4, 0.5) is 5.69 Å². The molecule has 0 atom stereocenters. The van der Waals surface area contributed by atoms with Gasteiger partial charge in [0.25, 0.3) is 0 Å². The molecule has 0 saturated carbocycles. The predicted octanol–water partition coefficient (Wildman–Crippen LogP) is 5.25. The smallest absolute Gasteiger partial charge is 0.0653 e. The Morgan fingerprint density at radius 3 is 2.33 bits per heavy atom. The second-order valence-corrected chi connectivity index (χ2v) is 4.60. The molecule has 0 radical (unpaired) electrons. The van der Waals surface area contributed by atoms with E-state index in [0.29, 0.717) is 15.1 Å². The van der Waals surface area contributed by atoms with E-state index in [1.54, 1.807) is 12.1 Å². The first kappa shape index (κ1) is 13.0. The van der Waals surface area contributed by atoms with E-state index >= 15 is 0 Å². The van der Waals surface area contributed by atoms with Crippen molar-refractivity contribution in [2.24, 2.45) is 0 Å². The standard InChI is InChI=1S/C11H14Cl3N/c1-2-3-4-5-15-11-7-9(13)8(12)6-10(11)14/h6-7,15H,2-5H2,1H3. The lowest BCUT2D eigenvalue weighted by Gasteiger charge is -2.09. The molecule has 1 rings (SSSR count). The highest BCUT2D eigenvalue weighted by molar-refractivity contribution is 6.44. The summed E-state index contributed by atoms with van der Waals surface area (Å²) in [7, 11) is 0. The van der Waals surface area contributed by atoms with E-state index in [1.165, 1.54) is 12.8 Å². The first-order valence-corrected chi connectivity index (χ1v) is 6.17. The number of hydrogen-bond donors (Lipinski definition) is 1. The summed E-state index contributed by atoms with van der Waals surface area (Å²) in [4.78, 5) is 0. The summed E-state index contributed by atoms with van der Waals surface area (Å²) in [5.41, 5.74) is 0.849. The molecule has 1 N–H and O–H groups in total. The Kier molecular flexibility index (Phi) is 5.59. The SMILES string of the molecule is CCCCCNc1cc(Cl)c(Cl)cc1Cl. The van der Waals surface area contributed by atoms with Crippen molar-refractivity contribution in [3.63, 3.8) is 0 Å². The fourth-order valence-electron chi connectivity index (χ4n) is 1.26. The highest BCUT2D eigenvalue weighted by Gasteiger charge is 2.04. The summed E-state index contributed by atoms with van der Waals surface area (Å²) in [5.74, 6) is 0. The van der Waals surface area contributed by atoms with Gasteiger partial charge in [-0.25, -0.2) is 0 Å². The van der Waals surface area contributed by atoms with Gasteiger partial charge >= 0.3 is 0 Å². The summed E-state index contributed by atoms with van der Waals surface area (Å²) < 4.78 is 0. The van der Waals surface area contributed by atoms with Gasteiger partial charge in [-0.3, -0.25) is 0 Å². The zero-order valence-corrected chi connectivity index (χ0v) is 10.9. The lowest BCUT2D eigenvalue weighted by Crippen LogP contribution is -2.01. The van der Waals surface area contributed by atoms with Gasteiger partial charge in [-0.05, 0) is 18.6 Å². The first-order chi connectivity index (χ1) is 7.15. The number of rotatable bonds is 5. The number of anilines is 1. The summed E-state index contributed by atoms with van der Waals surface area (Å²) >= 11 is 17.7. The van der Waals surface area contributed by atoms with E-state index < -0.39 is 0 Å². The molecular formula is C11H14Cl3N. The van der Waals surface area contributed by atoms with Gasteiger partial charge in [0.1, 0.15) is 0 Å². The predicted molar refractivity (Wildman–Crippen MR) is 69.5 cm³/mol. The number of halogens is 3. The monoisotopic (exact) mass is 265 g/mol. The molecule has 0 aliphatic rings. The molecule has 84 valence electrons. The van der Waals surface area contributed by atoms with Crippen molar-refractivity contribution in [3.8, 4) is 0 Å². The zero-order chi connectivity index (χ0) is 11.3. The van der Waals surface area contributed by atoms with E-state index in [4.69, 9.17) is 34.8 Å². The fraction of sp³-hybridized carbons (Fsp3) is 0.455. The molecule has 0 heterocycles. The quantitative estimate of drug-likeness (QED) is 0.567. The van der Waals surface area contributed by atoms with Crippen LogP contribution in [0.2, 0.25) is 15.1 Å². The van der Waals surface area contributed by atoms with Crippen LogP contribution >= 0.6 is 34.8 Å². The highest BCUT2D eigenvalue weighted by atomic mass is 35.5. The maximum Gasteiger partial charge on any atom is 0.0653 e. The van der Waals surface area contributed by atoms with Crippen LogP contribution in [0.1, 0.15) is 26.2 Å². The fourth-order valence-corrected chi connectivity index (χ4v) is 1.87. The topological polar surface area (TPSA) is 12.0 Å². The zero-order valence-electron chi connectivity index (χ0n) is 8.62. The Hall–Kier alpha value is -0.110. The molecular weight excluding hydrogens is 252 g/mol. The summed E-state index contributed by atoms with van der Waals surface area (Å²) in [5, 5.41) is 4.87. The Labute approximate surface area is 106 Å². The second-order valence-electron chi connectivity index (χ2n) is 3.38. The third kappa shape index (κ3) is 4.10. The van der Waals surface area contributed by atoms with E-state index in [2.05, 4.69) is 12.2 Å². The normalized spacial score (nSPS) is 10.4. The lowest BCUT2D eigenvalue weighted by molar-refractivity contribution is 0.744. The van der Waals surface area contributed by atoms with Crippen LogP contribution in [0.25, 0.3) is 0 Å². The number of hydrogen-bond acceptors (Lipinski definition) is 1. The van der Waals surface area contributed by atoms with E-state index in [1.807, 2.05) is 0 Å². The number of nitrogens with one attached hydrogen (secondary N) is 1. The van der Waals surface area contributed by atoms with Gasteiger partial charge in [0, 0.05) is 6.54 Å². The van der Waals surface area contributed by atoms with E-state index in [9.17, 15) is 0 Å². The third-order valence-electron chi connectivity index (χ3n) is 2.11. The van der Waals surface area contributed by atoms with Crippen LogP contribution in [-0.4, -0.2) is 6.54 Å². The molecule has 0 aromatic heterocycles. The van der Waals surface area contributed by atoms with Crippen LogP contribution in [0, 0.1) is 0 Å². The molecule has 15 heavy (non-hydrogen) atoms. The van der Waals surface area contributed by atoms with Gasteiger partial charge in [0.2, 0.25) is 0 Å². The maximum atomic E-state index is 6.01. The van der Waals surface area contributed by atoms with E-state index in [0.717, 1.165) is 18.7 Å². The van der Waals surface area contributed by atoms with Crippen LogP contribution in [0.5, 0.6) is 0 Å². The van der Waals surface area contributed by atoms with Gasteiger partial charge in [0.15, 0.2) is 0 Å². The average molecular weight is 267 g/mol. The summed E-state index contributed by atoms with van der Waals surface area (Å²) in [6.45, 7) is 3.08. The molecule has 0 aliphatic carbocycles. The maximum absolute atomic E-state index is 6.01. The molecule has 4 heteroatoms. The Bertz CT molecular complexity index is 326. The molecule has 1 aromatic rings. The molecule has 0 saturated heterocycles. The minimum Gasteiger partial charge on any atom is -0.384 e. The van der Waals surface area contributed by atoms with Crippen LogP contribution < -0.4 is 5.32 Å². The van der Waals surface area contributed by atoms with Crippen LogP contribution in [0.15, 0.2) is 12.1 Å². The van der Waals surface area contributed by atoms with Crippen molar-refractivity contribution in [2.75, 3.05) is 11.9 Å². The summed E-state index contributed by atoms with van der Waals surface area (Å²) in [6, 6.07) is 3.42. The third-order valence-corrected chi connectivity index (χ3v) is 3.14. The molecule has 0 aliphatic heterocycles. The van der Waals surface area contributed by atoms with E-state index in [-0.39, 0.29) is 0 Å². The Morgan fingerprint density at radius 1 is 1.00 bits per heavy atom. The minimum absolute atomic E-state index is 0.487. The molecule has 0 unspecified atom stereocenters. The lowest BCUT2D eigenvalue weighted by atomic mass is 10.2. The van der Waals surface area contributed by atoms with Gasteiger partial charge < -0.3 is 5.32 Å². The van der Waals surface area contributed by atoms with Crippen molar-refractivity contribution in [1.82, 2.24) is 0 Å². The van der Waals surface area contributed by atoms with Gasteiger partial charge in [-0.1, -0.05) is 54.6 Å². The van der Waals surface area contributed by atoms with Gasteiger partial charge in [-0.15, -0.1) is 0 Å². The van der Waals surface area contributed by atoms with Crippen molar-refractivity contribution in [3.05, 3.63) is 27.2 Å². The Balaban J connectivity index is 2.57. The van der Waals surface area contributed by atoms with Gasteiger partial charge in [-0.2, -0.15) is 0 Å². The molecule has 0 spiro atoms. The molecule has 0 bridgehead atoms. The minimum atomic E-state index is 0.487. The second kappa shape index (κ2) is 6.47.